The summed E-state index contributed by atoms with van der Waals surface area (Å²) in [4.78, 5) is 10.8. The van der Waals surface area contributed by atoms with E-state index < -0.39 is 35.5 Å². The van der Waals surface area contributed by atoms with Crippen LogP contribution in [0.2, 0.25) is 0 Å². The van der Waals surface area contributed by atoms with Crippen molar-refractivity contribution in [2.75, 3.05) is 0 Å². The third kappa shape index (κ3) is 4.69. The summed E-state index contributed by atoms with van der Waals surface area (Å²) < 4.78 is 51.1. The fourth-order valence-electron chi connectivity index (χ4n) is 2.15. The minimum Gasteiger partial charge on any atom is -0.481 e. The monoisotopic (exact) mass is 322 g/mol. The Bertz CT molecular complexity index is 540. The van der Waals surface area contributed by atoms with E-state index in [0.717, 1.165) is 6.07 Å². The number of aliphatic hydroxyl groups is 1. The standard InChI is InChI=1S/C15H18F4O3/c1-9(2)14(22,8-13(20)21)6-5-10-3-4-12(16)11(7-10)15(17,18)19/h3-4,7,9,22H,5-6,8H2,1-2H3,(H,20,21). The van der Waals surface area contributed by atoms with E-state index in [1.165, 1.54) is 6.07 Å². The molecule has 1 aromatic carbocycles. The largest absolute Gasteiger partial charge is 0.481 e. The number of aliphatic carboxylic acids is 1. The molecule has 0 aliphatic carbocycles. The van der Waals surface area contributed by atoms with Crippen LogP contribution in [-0.4, -0.2) is 21.8 Å². The van der Waals surface area contributed by atoms with Crippen LogP contribution < -0.4 is 0 Å². The predicted molar refractivity (Wildman–Crippen MR) is 71.8 cm³/mol. The van der Waals surface area contributed by atoms with Gasteiger partial charge < -0.3 is 10.2 Å². The summed E-state index contributed by atoms with van der Waals surface area (Å²) in [7, 11) is 0. The molecule has 1 atom stereocenters. The van der Waals surface area contributed by atoms with Crippen molar-refractivity contribution in [3.8, 4) is 0 Å². The number of rotatable bonds is 6. The molecule has 1 rings (SSSR count). The Morgan fingerprint density at radius 1 is 1.27 bits per heavy atom. The Morgan fingerprint density at radius 3 is 2.32 bits per heavy atom. The number of carboxylic acids is 1. The fraction of sp³-hybridized carbons (Fsp3) is 0.533. The van der Waals surface area contributed by atoms with E-state index in [2.05, 4.69) is 0 Å². The third-order valence-corrected chi connectivity index (χ3v) is 3.71. The van der Waals surface area contributed by atoms with E-state index in [4.69, 9.17) is 5.11 Å². The molecule has 0 aliphatic rings. The maximum Gasteiger partial charge on any atom is 0.419 e. The highest BCUT2D eigenvalue weighted by atomic mass is 19.4. The number of hydrogen-bond donors (Lipinski definition) is 2. The molecule has 3 nitrogen and oxygen atoms in total. The second kappa shape index (κ2) is 6.64. The third-order valence-electron chi connectivity index (χ3n) is 3.71. The molecule has 1 unspecified atom stereocenters. The highest BCUT2D eigenvalue weighted by Gasteiger charge is 2.35. The van der Waals surface area contributed by atoms with Gasteiger partial charge in [0.1, 0.15) is 5.82 Å². The van der Waals surface area contributed by atoms with Gasteiger partial charge in [-0.3, -0.25) is 4.79 Å². The van der Waals surface area contributed by atoms with Gasteiger partial charge in [0.05, 0.1) is 17.6 Å². The first-order chi connectivity index (χ1) is 9.95. The zero-order valence-corrected chi connectivity index (χ0v) is 12.2. The lowest BCUT2D eigenvalue weighted by atomic mass is 9.82. The zero-order chi connectivity index (χ0) is 17.1. The zero-order valence-electron chi connectivity index (χ0n) is 12.2. The maximum atomic E-state index is 13.2. The lowest BCUT2D eigenvalue weighted by Crippen LogP contribution is -2.38. The van der Waals surface area contributed by atoms with Gasteiger partial charge in [-0.1, -0.05) is 19.9 Å². The molecule has 0 saturated heterocycles. The lowest BCUT2D eigenvalue weighted by molar-refractivity contribution is -0.145. The summed E-state index contributed by atoms with van der Waals surface area (Å²) in [6, 6.07) is 2.62. The molecule has 0 radical (unpaired) electrons. The Morgan fingerprint density at radius 2 is 1.86 bits per heavy atom. The number of benzene rings is 1. The second-order valence-corrected chi connectivity index (χ2v) is 5.64. The van der Waals surface area contributed by atoms with E-state index in [-0.39, 0.29) is 24.3 Å². The predicted octanol–water partition coefficient (Wildman–Crippen LogP) is 3.64. The number of halogens is 4. The van der Waals surface area contributed by atoms with Crippen molar-refractivity contribution in [1.29, 1.82) is 0 Å². The maximum absolute atomic E-state index is 13.2. The number of hydrogen-bond acceptors (Lipinski definition) is 2. The molecule has 22 heavy (non-hydrogen) atoms. The molecule has 0 bridgehead atoms. The highest BCUT2D eigenvalue weighted by Crippen LogP contribution is 2.33. The van der Waals surface area contributed by atoms with Gasteiger partial charge in [0, 0.05) is 0 Å². The summed E-state index contributed by atoms with van der Waals surface area (Å²) in [5.74, 6) is -2.93. The van der Waals surface area contributed by atoms with Crippen molar-refractivity contribution < 1.29 is 32.6 Å². The van der Waals surface area contributed by atoms with Crippen LogP contribution in [0.25, 0.3) is 0 Å². The molecule has 0 aliphatic heterocycles. The van der Waals surface area contributed by atoms with E-state index in [0.29, 0.717) is 6.07 Å². The number of aryl methyl sites for hydroxylation is 1. The first kappa shape index (κ1) is 18.4. The summed E-state index contributed by atoms with van der Waals surface area (Å²) in [5.41, 5.74) is -2.70. The van der Waals surface area contributed by atoms with Gasteiger partial charge in [-0.2, -0.15) is 13.2 Å². The average Bonchev–Trinajstić information content (AvgIpc) is 2.35. The first-order valence-corrected chi connectivity index (χ1v) is 6.75. The molecule has 124 valence electrons. The molecule has 0 amide bonds. The topological polar surface area (TPSA) is 57.5 Å². The molecule has 0 fully saturated rings. The quantitative estimate of drug-likeness (QED) is 0.786. The van der Waals surface area contributed by atoms with E-state index >= 15 is 0 Å². The fourth-order valence-corrected chi connectivity index (χ4v) is 2.15. The van der Waals surface area contributed by atoms with Gasteiger partial charge in [0.15, 0.2) is 0 Å². The van der Waals surface area contributed by atoms with Gasteiger partial charge in [0.25, 0.3) is 0 Å². The van der Waals surface area contributed by atoms with Crippen LogP contribution in [0, 0.1) is 11.7 Å². The first-order valence-electron chi connectivity index (χ1n) is 6.75. The van der Waals surface area contributed by atoms with Crippen LogP contribution in [0.4, 0.5) is 17.6 Å². The smallest absolute Gasteiger partial charge is 0.419 e. The van der Waals surface area contributed by atoms with E-state index in [1.54, 1.807) is 13.8 Å². The van der Waals surface area contributed by atoms with Crippen molar-refractivity contribution in [1.82, 2.24) is 0 Å². The molecule has 0 spiro atoms. The van der Waals surface area contributed by atoms with Crippen LogP contribution in [0.5, 0.6) is 0 Å². The average molecular weight is 322 g/mol. The molecule has 0 aromatic heterocycles. The summed E-state index contributed by atoms with van der Waals surface area (Å²) in [5, 5.41) is 19.2. The summed E-state index contributed by atoms with van der Waals surface area (Å²) in [6.45, 7) is 3.27. The number of carboxylic acid groups (broad SMARTS) is 1. The van der Waals surface area contributed by atoms with E-state index in [9.17, 15) is 27.5 Å². The summed E-state index contributed by atoms with van der Waals surface area (Å²) >= 11 is 0. The van der Waals surface area contributed by atoms with E-state index in [1.807, 2.05) is 0 Å². The van der Waals surface area contributed by atoms with Crippen molar-refractivity contribution in [3.63, 3.8) is 0 Å². The van der Waals surface area contributed by atoms with Gasteiger partial charge in [-0.05, 0) is 36.5 Å². The van der Waals surface area contributed by atoms with Gasteiger partial charge in [-0.25, -0.2) is 4.39 Å². The Balaban J connectivity index is 2.93. The minimum atomic E-state index is -4.80. The van der Waals surface area contributed by atoms with Crippen LogP contribution in [-0.2, 0) is 17.4 Å². The van der Waals surface area contributed by atoms with Gasteiger partial charge in [0.2, 0.25) is 0 Å². The number of alkyl halides is 3. The molecule has 0 saturated carbocycles. The van der Waals surface area contributed by atoms with Crippen molar-refractivity contribution >= 4 is 5.97 Å². The second-order valence-electron chi connectivity index (χ2n) is 5.64. The van der Waals surface area contributed by atoms with Crippen molar-refractivity contribution in [2.45, 2.75) is 44.9 Å². The Labute approximate surface area is 125 Å². The molecule has 1 aromatic rings. The van der Waals surface area contributed by atoms with Gasteiger partial charge in [-0.15, -0.1) is 0 Å². The number of carbonyl (C=O) groups is 1. The highest BCUT2D eigenvalue weighted by molar-refractivity contribution is 5.68. The van der Waals surface area contributed by atoms with Crippen LogP contribution >= 0.6 is 0 Å². The normalized spacial score (nSPS) is 14.9. The molecule has 0 heterocycles. The van der Waals surface area contributed by atoms with Crippen molar-refractivity contribution in [3.05, 3.63) is 35.1 Å². The molecule has 7 heteroatoms. The minimum absolute atomic E-state index is 0.0192. The lowest BCUT2D eigenvalue weighted by Gasteiger charge is -2.30. The van der Waals surface area contributed by atoms with Crippen molar-refractivity contribution in [2.24, 2.45) is 5.92 Å². The Kier molecular flexibility index (Phi) is 5.56. The molecular formula is C15H18F4O3. The molecule has 2 N–H and O–H groups in total. The van der Waals surface area contributed by atoms with Crippen LogP contribution in [0.1, 0.15) is 37.8 Å². The molecular weight excluding hydrogens is 304 g/mol. The summed E-state index contributed by atoms with van der Waals surface area (Å²) in [6.07, 6.45) is -5.31. The van der Waals surface area contributed by atoms with Crippen LogP contribution in [0.3, 0.4) is 0 Å². The van der Waals surface area contributed by atoms with Gasteiger partial charge >= 0.3 is 12.1 Å². The van der Waals surface area contributed by atoms with Crippen LogP contribution in [0.15, 0.2) is 18.2 Å². The SMILES string of the molecule is CC(C)C(O)(CCc1ccc(F)c(C(F)(F)F)c1)CC(=O)O. The Hall–Kier alpha value is -1.63.